The molecular formula is C21H22N4O. The standard InChI is InChI=1S/C21H22N4O/c26-20(21(9-12-22-13-10-21)25-14-2-11-23-25)24-18-8-7-16-6-5-15-3-1-4-17(18)19(15)16/h1-4,7-8,11,14,22H,5-6,9-10,12-13H2,(H,24,26). The molecule has 1 amide bonds. The van der Waals surface area contributed by atoms with Gasteiger partial charge in [0, 0.05) is 23.5 Å². The Morgan fingerprint density at radius 2 is 1.88 bits per heavy atom. The zero-order valence-corrected chi connectivity index (χ0v) is 14.7. The molecule has 2 aliphatic rings. The molecule has 26 heavy (non-hydrogen) atoms. The Balaban J connectivity index is 1.55. The second-order valence-corrected chi connectivity index (χ2v) is 7.30. The van der Waals surface area contributed by atoms with Crippen LogP contribution < -0.4 is 10.6 Å². The number of piperidine rings is 1. The first-order valence-corrected chi connectivity index (χ1v) is 9.34. The minimum atomic E-state index is -0.627. The number of hydrogen-bond acceptors (Lipinski definition) is 3. The highest BCUT2D eigenvalue weighted by Crippen LogP contribution is 2.36. The third-order valence-electron chi connectivity index (χ3n) is 5.92. The van der Waals surface area contributed by atoms with Crippen molar-refractivity contribution in [3.8, 4) is 0 Å². The number of anilines is 1. The van der Waals surface area contributed by atoms with Gasteiger partial charge in [0.25, 0.3) is 5.91 Å². The molecule has 0 radical (unpaired) electrons. The van der Waals surface area contributed by atoms with Crippen LogP contribution in [0.25, 0.3) is 10.8 Å². The predicted octanol–water partition coefficient (Wildman–Crippen LogP) is 2.85. The van der Waals surface area contributed by atoms with Gasteiger partial charge in [0.05, 0.1) is 0 Å². The highest BCUT2D eigenvalue weighted by Gasteiger charge is 2.42. The van der Waals surface area contributed by atoms with Crippen LogP contribution in [0.3, 0.4) is 0 Å². The first-order valence-electron chi connectivity index (χ1n) is 9.34. The molecule has 5 heteroatoms. The van der Waals surface area contributed by atoms with E-state index in [9.17, 15) is 4.79 Å². The van der Waals surface area contributed by atoms with Gasteiger partial charge >= 0.3 is 0 Å². The lowest BCUT2D eigenvalue weighted by atomic mass is 9.87. The molecule has 0 unspecified atom stereocenters. The van der Waals surface area contributed by atoms with E-state index in [0.717, 1.165) is 49.8 Å². The van der Waals surface area contributed by atoms with Gasteiger partial charge in [-0.1, -0.05) is 24.3 Å². The number of nitrogens with zero attached hydrogens (tertiary/aromatic N) is 2. The summed E-state index contributed by atoms with van der Waals surface area (Å²) < 4.78 is 1.84. The zero-order chi connectivity index (χ0) is 17.6. The fraction of sp³-hybridized carbons (Fsp3) is 0.333. The Hall–Kier alpha value is -2.66. The maximum absolute atomic E-state index is 13.4. The summed E-state index contributed by atoms with van der Waals surface area (Å²) in [5.74, 6) is 0.0291. The lowest BCUT2D eigenvalue weighted by Gasteiger charge is -2.36. The van der Waals surface area contributed by atoms with Crippen molar-refractivity contribution >= 4 is 22.4 Å². The summed E-state index contributed by atoms with van der Waals surface area (Å²) in [4.78, 5) is 13.4. The number of rotatable bonds is 3. The smallest absolute Gasteiger partial charge is 0.252 e. The lowest BCUT2D eigenvalue weighted by Crippen LogP contribution is -2.52. The summed E-state index contributed by atoms with van der Waals surface area (Å²) in [6, 6.07) is 12.5. The summed E-state index contributed by atoms with van der Waals surface area (Å²) >= 11 is 0. The molecule has 1 fully saturated rings. The minimum Gasteiger partial charge on any atom is -0.323 e. The highest BCUT2D eigenvalue weighted by molar-refractivity contribution is 6.07. The van der Waals surface area contributed by atoms with Crippen LogP contribution in [0, 0.1) is 0 Å². The van der Waals surface area contributed by atoms with Crippen LogP contribution in [0.4, 0.5) is 5.69 Å². The summed E-state index contributed by atoms with van der Waals surface area (Å²) in [7, 11) is 0. The molecule has 2 aromatic carbocycles. The Morgan fingerprint density at radius 1 is 1.08 bits per heavy atom. The quantitative estimate of drug-likeness (QED) is 0.767. The summed E-state index contributed by atoms with van der Waals surface area (Å²) in [5.41, 5.74) is 3.05. The number of nitrogens with one attached hydrogen (secondary N) is 2. The topological polar surface area (TPSA) is 59.0 Å². The van der Waals surface area contributed by atoms with Crippen molar-refractivity contribution in [3.05, 3.63) is 59.9 Å². The molecule has 1 aromatic heterocycles. The van der Waals surface area contributed by atoms with Gasteiger partial charge in [0.1, 0.15) is 5.54 Å². The van der Waals surface area contributed by atoms with Gasteiger partial charge in [-0.15, -0.1) is 0 Å². The van der Waals surface area contributed by atoms with E-state index in [1.165, 1.54) is 16.5 Å². The molecule has 1 saturated heterocycles. The van der Waals surface area contributed by atoms with Gasteiger partial charge in [-0.25, -0.2) is 0 Å². The van der Waals surface area contributed by atoms with Gasteiger partial charge in [0.2, 0.25) is 0 Å². The molecule has 2 heterocycles. The van der Waals surface area contributed by atoms with Crippen LogP contribution in [0.1, 0.15) is 24.0 Å². The fourth-order valence-electron chi connectivity index (χ4n) is 4.52. The Bertz CT molecular complexity index is 961. The Labute approximate surface area is 152 Å². The number of benzene rings is 2. The SMILES string of the molecule is O=C(Nc1ccc2c3c(cccc13)CC2)C1(n2cccn2)CCNCC1. The van der Waals surface area contributed by atoms with Crippen LogP contribution in [0.2, 0.25) is 0 Å². The van der Waals surface area contributed by atoms with Crippen molar-refractivity contribution in [1.82, 2.24) is 15.1 Å². The van der Waals surface area contributed by atoms with Crippen molar-refractivity contribution < 1.29 is 4.79 Å². The maximum atomic E-state index is 13.4. The van der Waals surface area contributed by atoms with Gasteiger partial charge in [-0.2, -0.15) is 5.10 Å². The van der Waals surface area contributed by atoms with Crippen molar-refractivity contribution in [1.29, 1.82) is 0 Å². The monoisotopic (exact) mass is 346 g/mol. The first-order chi connectivity index (χ1) is 12.8. The zero-order valence-electron chi connectivity index (χ0n) is 14.7. The fourth-order valence-corrected chi connectivity index (χ4v) is 4.52. The Morgan fingerprint density at radius 3 is 2.65 bits per heavy atom. The summed E-state index contributed by atoms with van der Waals surface area (Å²) in [6.07, 6.45) is 7.30. The third kappa shape index (κ3) is 2.27. The van der Waals surface area contributed by atoms with Gasteiger partial charge < -0.3 is 10.6 Å². The number of hydrogen-bond donors (Lipinski definition) is 2. The first kappa shape index (κ1) is 15.6. The van der Waals surface area contributed by atoms with E-state index in [1.54, 1.807) is 6.20 Å². The van der Waals surface area contributed by atoms with Gasteiger partial charge in [-0.3, -0.25) is 9.48 Å². The van der Waals surface area contributed by atoms with Crippen LogP contribution in [-0.2, 0) is 23.2 Å². The molecule has 0 bridgehead atoms. The van der Waals surface area contributed by atoms with E-state index in [2.05, 4.69) is 46.1 Å². The molecule has 5 rings (SSSR count). The number of amides is 1. The van der Waals surface area contributed by atoms with E-state index in [1.807, 2.05) is 16.9 Å². The molecule has 0 spiro atoms. The molecule has 0 saturated carbocycles. The van der Waals surface area contributed by atoms with E-state index in [4.69, 9.17) is 0 Å². The molecule has 2 N–H and O–H groups in total. The maximum Gasteiger partial charge on any atom is 0.252 e. The normalized spacial score (nSPS) is 18.2. The van der Waals surface area contributed by atoms with Crippen molar-refractivity contribution in [2.45, 2.75) is 31.2 Å². The molecule has 5 nitrogen and oxygen atoms in total. The third-order valence-corrected chi connectivity index (χ3v) is 5.92. The van der Waals surface area contributed by atoms with E-state index < -0.39 is 5.54 Å². The van der Waals surface area contributed by atoms with Crippen molar-refractivity contribution in [2.24, 2.45) is 0 Å². The Kier molecular flexibility index (Phi) is 3.57. The van der Waals surface area contributed by atoms with Crippen LogP contribution in [0.15, 0.2) is 48.8 Å². The second-order valence-electron chi connectivity index (χ2n) is 7.30. The lowest BCUT2D eigenvalue weighted by molar-refractivity contribution is -0.126. The summed E-state index contributed by atoms with van der Waals surface area (Å²) in [6.45, 7) is 1.63. The van der Waals surface area contributed by atoms with Crippen molar-refractivity contribution in [2.75, 3.05) is 18.4 Å². The van der Waals surface area contributed by atoms with Crippen LogP contribution in [0.5, 0.6) is 0 Å². The van der Waals surface area contributed by atoms with E-state index >= 15 is 0 Å². The molecular weight excluding hydrogens is 324 g/mol. The molecule has 0 atom stereocenters. The van der Waals surface area contributed by atoms with Crippen LogP contribution >= 0.6 is 0 Å². The van der Waals surface area contributed by atoms with Crippen LogP contribution in [-0.4, -0.2) is 28.8 Å². The van der Waals surface area contributed by atoms with E-state index in [-0.39, 0.29) is 5.91 Å². The number of aromatic nitrogens is 2. The number of aryl methyl sites for hydroxylation is 2. The van der Waals surface area contributed by atoms with Gasteiger partial charge in [0.15, 0.2) is 0 Å². The number of carbonyl (C=O) groups is 1. The minimum absolute atomic E-state index is 0.0291. The van der Waals surface area contributed by atoms with Crippen molar-refractivity contribution in [3.63, 3.8) is 0 Å². The molecule has 1 aliphatic carbocycles. The molecule has 1 aliphatic heterocycles. The average molecular weight is 346 g/mol. The average Bonchev–Trinajstić information content (AvgIpc) is 3.36. The second kappa shape index (κ2) is 5.95. The summed E-state index contributed by atoms with van der Waals surface area (Å²) in [5, 5.41) is 13.5. The molecule has 132 valence electrons. The molecule has 3 aromatic rings. The number of carbonyl (C=O) groups excluding carboxylic acids is 1. The largest absolute Gasteiger partial charge is 0.323 e. The van der Waals surface area contributed by atoms with Gasteiger partial charge in [-0.05, 0) is 67.4 Å². The van der Waals surface area contributed by atoms with E-state index in [0.29, 0.717) is 0 Å². The highest BCUT2D eigenvalue weighted by atomic mass is 16.2. The predicted molar refractivity (Wildman–Crippen MR) is 102 cm³/mol.